The summed E-state index contributed by atoms with van der Waals surface area (Å²) in [7, 11) is -3.70. The van der Waals surface area contributed by atoms with Gasteiger partial charge in [0.25, 0.3) is 0 Å². The zero-order chi connectivity index (χ0) is 14.5. The molecule has 0 radical (unpaired) electrons. The molecular formula is C12H19N3O3S. The number of nitrogens with two attached hydrogens (primary N) is 1. The third-order valence-corrected chi connectivity index (χ3v) is 3.69. The number of primary sulfonamides is 1. The number of nitrogens with one attached hydrogen (secondary N) is 2. The predicted octanol–water partition coefficient (Wildman–Crippen LogP) is 1.64. The summed E-state index contributed by atoms with van der Waals surface area (Å²) in [6.45, 7) is 3.99. The standard InChI is InChI=1S/C12H19N3O3S/c1-3-9(4-2)14-12(16)15-10-5-7-11(8-6-10)19(13,17)18/h5-9H,3-4H2,1-2H3,(H2,13,17,18)(H2,14,15,16). The van der Waals surface area contributed by atoms with Crippen LogP contribution in [0.4, 0.5) is 10.5 Å². The van der Waals surface area contributed by atoms with Crippen LogP contribution in [0.1, 0.15) is 26.7 Å². The van der Waals surface area contributed by atoms with E-state index in [0.717, 1.165) is 12.8 Å². The van der Waals surface area contributed by atoms with Gasteiger partial charge < -0.3 is 10.6 Å². The molecule has 0 unspecified atom stereocenters. The molecule has 0 fully saturated rings. The summed E-state index contributed by atoms with van der Waals surface area (Å²) in [5.74, 6) is 0. The Morgan fingerprint density at radius 2 is 1.74 bits per heavy atom. The van der Waals surface area contributed by atoms with E-state index < -0.39 is 10.0 Å². The van der Waals surface area contributed by atoms with Crippen molar-refractivity contribution in [1.82, 2.24) is 5.32 Å². The molecule has 1 rings (SSSR count). The van der Waals surface area contributed by atoms with Crippen molar-refractivity contribution in [3.8, 4) is 0 Å². The highest BCUT2D eigenvalue weighted by Crippen LogP contribution is 2.12. The van der Waals surface area contributed by atoms with Crippen LogP contribution in [0.2, 0.25) is 0 Å². The van der Waals surface area contributed by atoms with E-state index in [-0.39, 0.29) is 17.0 Å². The molecule has 7 heteroatoms. The van der Waals surface area contributed by atoms with Crippen molar-refractivity contribution >= 4 is 21.7 Å². The average Bonchev–Trinajstić information content (AvgIpc) is 2.35. The molecule has 1 aromatic carbocycles. The highest BCUT2D eigenvalue weighted by Gasteiger charge is 2.10. The molecule has 0 bridgehead atoms. The van der Waals surface area contributed by atoms with Crippen molar-refractivity contribution < 1.29 is 13.2 Å². The molecule has 0 aliphatic heterocycles. The van der Waals surface area contributed by atoms with E-state index in [1.807, 2.05) is 13.8 Å². The Hall–Kier alpha value is -1.60. The SMILES string of the molecule is CCC(CC)NC(=O)Nc1ccc(S(N)(=O)=O)cc1. The van der Waals surface area contributed by atoms with Crippen molar-refractivity contribution in [3.05, 3.63) is 24.3 Å². The number of hydrogen-bond donors (Lipinski definition) is 3. The lowest BCUT2D eigenvalue weighted by Crippen LogP contribution is -2.37. The lowest BCUT2D eigenvalue weighted by molar-refractivity contribution is 0.247. The number of rotatable bonds is 5. The zero-order valence-corrected chi connectivity index (χ0v) is 11.8. The van der Waals surface area contributed by atoms with E-state index in [0.29, 0.717) is 5.69 Å². The van der Waals surface area contributed by atoms with E-state index >= 15 is 0 Å². The number of sulfonamides is 1. The Morgan fingerprint density at radius 1 is 1.21 bits per heavy atom. The summed E-state index contributed by atoms with van der Waals surface area (Å²) in [6.07, 6.45) is 1.71. The summed E-state index contributed by atoms with van der Waals surface area (Å²) in [5.41, 5.74) is 0.510. The maximum absolute atomic E-state index is 11.7. The van der Waals surface area contributed by atoms with Crippen LogP contribution in [0, 0.1) is 0 Å². The second-order valence-corrected chi connectivity index (χ2v) is 5.74. The molecule has 0 atom stereocenters. The van der Waals surface area contributed by atoms with Crippen LogP contribution >= 0.6 is 0 Å². The average molecular weight is 285 g/mol. The van der Waals surface area contributed by atoms with Crippen molar-refractivity contribution in [1.29, 1.82) is 0 Å². The fourth-order valence-electron chi connectivity index (χ4n) is 1.57. The van der Waals surface area contributed by atoms with E-state index in [1.54, 1.807) is 0 Å². The second kappa shape index (κ2) is 6.53. The monoisotopic (exact) mass is 285 g/mol. The summed E-state index contributed by atoms with van der Waals surface area (Å²) in [6, 6.07) is 5.50. The second-order valence-electron chi connectivity index (χ2n) is 4.18. The minimum absolute atomic E-state index is 0.0125. The van der Waals surface area contributed by atoms with Gasteiger partial charge in [-0.05, 0) is 37.1 Å². The molecule has 2 amide bonds. The largest absolute Gasteiger partial charge is 0.335 e. The first-order chi connectivity index (χ1) is 8.86. The van der Waals surface area contributed by atoms with Gasteiger partial charge in [0.15, 0.2) is 0 Å². The van der Waals surface area contributed by atoms with Crippen LogP contribution in [0.3, 0.4) is 0 Å². The summed E-state index contributed by atoms with van der Waals surface area (Å²) in [5, 5.41) is 10.4. The Balaban J connectivity index is 2.66. The number of amides is 2. The van der Waals surface area contributed by atoms with Crippen molar-refractivity contribution in [2.75, 3.05) is 5.32 Å². The molecule has 0 aliphatic rings. The van der Waals surface area contributed by atoms with Gasteiger partial charge in [0.1, 0.15) is 0 Å². The molecule has 19 heavy (non-hydrogen) atoms. The van der Waals surface area contributed by atoms with Crippen LogP contribution < -0.4 is 15.8 Å². The fraction of sp³-hybridized carbons (Fsp3) is 0.417. The molecule has 106 valence electrons. The van der Waals surface area contributed by atoms with Gasteiger partial charge in [-0.15, -0.1) is 0 Å². The van der Waals surface area contributed by atoms with Crippen LogP contribution in [0.15, 0.2) is 29.2 Å². The predicted molar refractivity (Wildman–Crippen MR) is 74.3 cm³/mol. The van der Waals surface area contributed by atoms with Gasteiger partial charge in [0.05, 0.1) is 4.90 Å². The van der Waals surface area contributed by atoms with Gasteiger partial charge in [-0.3, -0.25) is 0 Å². The quantitative estimate of drug-likeness (QED) is 0.766. The number of benzene rings is 1. The Labute approximate surface area is 113 Å². The third kappa shape index (κ3) is 4.88. The Kier molecular flexibility index (Phi) is 5.31. The third-order valence-electron chi connectivity index (χ3n) is 2.76. The molecule has 6 nitrogen and oxygen atoms in total. The number of urea groups is 1. The maximum atomic E-state index is 11.7. The number of carbonyl (C=O) groups is 1. The topological polar surface area (TPSA) is 101 Å². The molecule has 1 aromatic rings. The highest BCUT2D eigenvalue weighted by atomic mass is 32.2. The minimum Gasteiger partial charge on any atom is -0.335 e. The van der Waals surface area contributed by atoms with Gasteiger partial charge in [-0.2, -0.15) is 0 Å². The van der Waals surface area contributed by atoms with Crippen molar-refractivity contribution in [3.63, 3.8) is 0 Å². The molecule has 0 aromatic heterocycles. The van der Waals surface area contributed by atoms with Crippen molar-refractivity contribution in [2.45, 2.75) is 37.6 Å². The first-order valence-electron chi connectivity index (χ1n) is 6.07. The van der Waals surface area contributed by atoms with Gasteiger partial charge in [-0.1, -0.05) is 13.8 Å². The van der Waals surface area contributed by atoms with Crippen LogP contribution in [0.25, 0.3) is 0 Å². The summed E-state index contributed by atoms with van der Waals surface area (Å²) >= 11 is 0. The molecule has 0 aliphatic carbocycles. The van der Waals surface area contributed by atoms with Crippen LogP contribution in [0.5, 0.6) is 0 Å². The zero-order valence-electron chi connectivity index (χ0n) is 11.0. The molecular weight excluding hydrogens is 266 g/mol. The van der Waals surface area contributed by atoms with Gasteiger partial charge >= 0.3 is 6.03 Å². The van der Waals surface area contributed by atoms with Crippen LogP contribution in [-0.4, -0.2) is 20.5 Å². The smallest absolute Gasteiger partial charge is 0.319 e. The Morgan fingerprint density at radius 3 is 2.16 bits per heavy atom. The number of anilines is 1. The first kappa shape index (κ1) is 15.5. The molecule has 0 heterocycles. The number of carbonyl (C=O) groups excluding carboxylic acids is 1. The minimum atomic E-state index is -3.70. The molecule has 0 saturated carbocycles. The highest BCUT2D eigenvalue weighted by molar-refractivity contribution is 7.89. The Bertz CT molecular complexity index is 522. The van der Waals surface area contributed by atoms with Gasteiger partial charge in [-0.25, -0.2) is 18.4 Å². The van der Waals surface area contributed by atoms with E-state index in [4.69, 9.17) is 5.14 Å². The maximum Gasteiger partial charge on any atom is 0.319 e. The molecule has 0 spiro atoms. The van der Waals surface area contributed by atoms with Crippen molar-refractivity contribution in [2.24, 2.45) is 5.14 Å². The lowest BCUT2D eigenvalue weighted by Gasteiger charge is -2.15. The molecule has 4 N–H and O–H groups in total. The molecule has 0 saturated heterocycles. The van der Waals surface area contributed by atoms with Gasteiger partial charge in [0, 0.05) is 11.7 Å². The number of hydrogen-bond acceptors (Lipinski definition) is 3. The summed E-state index contributed by atoms with van der Waals surface area (Å²) < 4.78 is 22.1. The lowest BCUT2D eigenvalue weighted by atomic mass is 10.2. The van der Waals surface area contributed by atoms with E-state index in [1.165, 1.54) is 24.3 Å². The van der Waals surface area contributed by atoms with Gasteiger partial charge in [0.2, 0.25) is 10.0 Å². The van der Waals surface area contributed by atoms with E-state index in [9.17, 15) is 13.2 Å². The van der Waals surface area contributed by atoms with Crippen LogP contribution in [-0.2, 0) is 10.0 Å². The fourth-order valence-corrected chi connectivity index (χ4v) is 2.09. The normalized spacial score (nSPS) is 11.4. The van der Waals surface area contributed by atoms with E-state index in [2.05, 4.69) is 10.6 Å². The summed E-state index contributed by atoms with van der Waals surface area (Å²) in [4.78, 5) is 11.7. The first-order valence-corrected chi connectivity index (χ1v) is 7.61.